The smallest absolute Gasteiger partial charge is 0.347 e. The van der Waals surface area contributed by atoms with Crippen molar-refractivity contribution in [2.45, 2.75) is 31.8 Å². The summed E-state index contributed by atoms with van der Waals surface area (Å²) < 4.78 is 14.3. The molecule has 98 valence electrons. The number of rotatable bonds is 6. The number of ether oxygens (including phenoxy) is 2. The molecule has 7 nitrogen and oxygen atoms in total. The lowest BCUT2D eigenvalue weighted by molar-refractivity contribution is 0.314. The Morgan fingerprint density at radius 1 is 1.11 bits per heavy atom. The van der Waals surface area contributed by atoms with E-state index in [0.717, 1.165) is 0 Å². The molecule has 0 aliphatic carbocycles. The van der Waals surface area contributed by atoms with Crippen molar-refractivity contribution < 1.29 is 9.47 Å². The maximum absolute atomic E-state index is 12.1. The fourth-order valence-corrected chi connectivity index (χ4v) is 1.94. The van der Waals surface area contributed by atoms with Gasteiger partial charge < -0.3 is 9.47 Å². The minimum absolute atomic E-state index is 0.0491. The molecule has 2 atom stereocenters. The van der Waals surface area contributed by atoms with Gasteiger partial charge in [-0.05, 0) is 0 Å². The van der Waals surface area contributed by atoms with E-state index in [1.165, 1.54) is 13.9 Å². The van der Waals surface area contributed by atoms with E-state index in [4.69, 9.17) is 9.47 Å². The molecule has 2 aliphatic heterocycles. The molecule has 0 bridgehead atoms. The van der Waals surface area contributed by atoms with Crippen molar-refractivity contribution >= 4 is 0 Å². The summed E-state index contributed by atoms with van der Waals surface area (Å²) in [5, 5.41) is 0. The van der Waals surface area contributed by atoms with Crippen LogP contribution in [0.2, 0.25) is 0 Å². The van der Waals surface area contributed by atoms with Crippen LogP contribution in [0.5, 0.6) is 0 Å². The highest BCUT2D eigenvalue weighted by atomic mass is 16.6. The molecule has 2 aliphatic rings. The molecule has 0 aromatic carbocycles. The lowest BCUT2D eigenvalue weighted by atomic mass is 10.5. The van der Waals surface area contributed by atoms with Gasteiger partial charge in [-0.15, -0.1) is 6.58 Å². The van der Waals surface area contributed by atoms with Crippen LogP contribution in [0.1, 0.15) is 0 Å². The normalized spacial score (nSPS) is 25.1. The van der Waals surface area contributed by atoms with E-state index in [0.29, 0.717) is 26.3 Å². The highest BCUT2D eigenvalue weighted by molar-refractivity contribution is 4.84. The van der Waals surface area contributed by atoms with Crippen LogP contribution in [0.4, 0.5) is 0 Å². The number of aromatic nitrogens is 3. The first kappa shape index (κ1) is 11.5. The van der Waals surface area contributed by atoms with E-state index in [1.807, 2.05) is 0 Å². The van der Waals surface area contributed by atoms with Gasteiger partial charge in [0.25, 0.3) is 0 Å². The fraction of sp³-hybridized carbons (Fsp3) is 0.636. The molecule has 2 fully saturated rings. The van der Waals surface area contributed by atoms with E-state index in [9.17, 15) is 9.59 Å². The lowest BCUT2D eigenvalue weighted by Gasteiger charge is -2.05. The highest BCUT2D eigenvalue weighted by Crippen LogP contribution is 2.12. The summed E-state index contributed by atoms with van der Waals surface area (Å²) in [4.78, 5) is 24.3. The molecule has 0 radical (unpaired) electrons. The zero-order valence-electron chi connectivity index (χ0n) is 9.95. The van der Waals surface area contributed by atoms with Crippen molar-refractivity contribution in [3.05, 3.63) is 33.6 Å². The van der Waals surface area contributed by atoms with E-state index < -0.39 is 0 Å². The van der Waals surface area contributed by atoms with Gasteiger partial charge in [-0.3, -0.25) is 0 Å². The summed E-state index contributed by atoms with van der Waals surface area (Å²) in [6.45, 7) is 5.92. The van der Waals surface area contributed by atoms with Crippen molar-refractivity contribution in [2.24, 2.45) is 0 Å². The molecular weight excluding hydrogens is 238 g/mol. The molecule has 18 heavy (non-hydrogen) atoms. The van der Waals surface area contributed by atoms with Gasteiger partial charge in [0.05, 0.1) is 32.8 Å². The SMILES string of the molecule is C=CCn1c(=O)n(CC2CO2)n(CC2CO2)c1=O. The van der Waals surface area contributed by atoms with Crippen molar-refractivity contribution in [3.8, 4) is 0 Å². The second kappa shape index (κ2) is 4.25. The summed E-state index contributed by atoms with van der Waals surface area (Å²) in [6, 6.07) is 0. The second-order valence-corrected chi connectivity index (χ2v) is 4.54. The zero-order valence-corrected chi connectivity index (χ0v) is 9.95. The van der Waals surface area contributed by atoms with E-state index in [2.05, 4.69) is 6.58 Å². The number of nitrogens with zero attached hydrogens (tertiary/aromatic N) is 3. The Morgan fingerprint density at radius 2 is 1.56 bits per heavy atom. The summed E-state index contributed by atoms with van der Waals surface area (Å²) in [6.07, 6.45) is 1.64. The van der Waals surface area contributed by atoms with Crippen LogP contribution < -0.4 is 11.4 Å². The van der Waals surface area contributed by atoms with Crippen LogP contribution >= 0.6 is 0 Å². The third-order valence-corrected chi connectivity index (χ3v) is 3.06. The lowest BCUT2D eigenvalue weighted by Crippen LogP contribution is -2.30. The highest BCUT2D eigenvalue weighted by Gasteiger charge is 2.30. The van der Waals surface area contributed by atoms with Crippen molar-refractivity contribution in [3.63, 3.8) is 0 Å². The van der Waals surface area contributed by atoms with Gasteiger partial charge in [-0.25, -0.2) is 23.5 Å². The zero-order chi connectivity index (χ0) is 12.7. The van der Waals surface area contributed by atoms with E-state index in [-0.39, 0.29) is 30.1 Å². The van der Waals surface area contributed by atoms with Crippen molar-refractivity contribution in [2.75, 3.05) is 13.2 Å². The molecule has 2 unspecified atom stereocenters. The molecule has 3 heterocycles. The van der Waals surface area contributed by atoms with Gasteiger partial charge in [0.2, 0.25) is 0 Å². The van der Waals surface area contributed by atoms with Gasteiger partial charge in [0, 0.05) is 0 Å². The Morgan fingerprint density at radius 3 is 1.89 bits per heavy atom. The van der Waals surface area contributed by atoms with Gasteiger partial charge in [0.15, 0.2) is 0 Å². The Bertz CT molecular complexity index is 529. The van der Waals surface area contributed by atoms with Gasteiger partial charge in [-0.1, -0.05) is 6.08 Å². The minimum atomic E-state index is -0.309. The Kier molecular flexibility index (Phi) is 2.71. The van der Waals surface area contributed by atoms with Gasteiger partial charge in [0.1, 0.15) is 12.2 Å². The molecule has 1 aromatic heterocycles. The monoisotopic (exact) mass is 253 g/mol. The number of hydrogen-bond donors (Lipinski definition) is 0. The van der Waals surface area contributed by atoms with Gasteiger partial charge >= 0.3 is 11.4 Å². The van der Waals surface area contributed by atoms with Gasteiger partial charge in [-0.2, -0.15) is 0 Å². The summed E-state index contributed by atoms with van der Waals surface area (Å²) in [5.74, 6) is 0. The molecule has 0 N–H and O–H groups in total. The maximum atomic E-state index is 12.1. The summed E-state index contributed by atoms with van der Waals surface area (Å²) in [7, 11) is 0. The Labute approximate surface area is 103 Å². The third-order valence-electron chi connectivity index (χ3n) is 3.06. The Balaban J connectivity index is 2.00. The summed E-state index contributed by atoms with van der Waals surface area (Å²) in [5.41, 5.74) is -0.618. The molecule has 1 aromatic rings. The Hall–Kier alpha value is -1.60. The molecule has 0 amide bonds. The van der Waals surface area contributed by atoms with E-state index in [1.54, 1.807) is 6.08 Å². The van der Waals surface area contributed by atoms with Crippen LogP contribution in [0, 0.1) is 0 Å². The topological polar surface area (TPSA) is 74.0 Å². The van der Waals surface area contributed by atoms with E-state index >= 15 is 0 Å². The minimum Gasteiger partial charge on any atom is -0.371 e. The predicted octanol–water partition coefficient (Wildman–Crippen LogP) is -1.20. The molecular formula is C11H15N3O4. The van der Waals surface area contributed by atoms with Crippen LogP contribution in [-0.4, -0.2) is 39.4 Å². The van der Waals surface area contributed by atoms with Crippen LogP contribution in [0.25, 0.3) is 0 Å². The number of epoxide rings is 2. The molecule has 0 spiro atoms. The largest absolute Gasteiger partial charge is 0.371 e. The molecule has 7 heteroatoms. The first-order chi connectivity index (χ1) is 8.70. The standard InChI is InChI=1S/C11H15N3O4/c1-2-3-12-10(15)13(4-8-6-17-8)14(11(12)16)5-9-7-18-9/h2,8-9H,1,3-7H2. The molecule has 3 rings (SSSR count). The number of hydrogen-bond acceptors (Lipinski definition) is 4. The quantitative estimate of drug-likeness (QED) is 0.471. The number of allylic oxidation sites excluding steroid dienone is 1. The van der Waals surface area contributed by atoms with Crippen LogP contribution in [0.15, 0.2) is 22.2 Å². The van der Waals surface area contributed by atoms with Crippen LogP contribution in [0.3, 0.4) is 0 Å². The maximum Gasteiger partial charge on any atom is 0.347 e. The molecule has 2 saturated heterocycles. The van der Waals surface area contributed by atoms with Crippen LogP contribution in [-0.2, 0) is 29.1 Å². The average Bonchev–Trinajstić information content (AvgIpc) is 3.22. The summed E-state index contributed by atoms with van der Waals surface area (Å²) >= 11 is 0. The molecule has 0 saturated carbocycles. The first-order valence-corrected chi connectivity index (χ1v) is 5.95. The first-order valence-electron chi connectivity index (χ1n) is 5.95. The third kappa shape index (κ3) is 2.06. The predicted molar refractivity (Wildman–Crippen MR) is 62.6 cm³/mol. The van der Waals surface area contributed by atoms with Crippen molar-refractivity contribution in [1.29, 1.82) is 0 Å². The average molecular weight is 253 g/mol. The van der Waals surface area contributed by atoms with Crippen molar-refractivity contribution in [1.82, 2.24) is 13.9 Å². The fourth-order valence-electron chi connectivity index (χ4n) is 1.94. The second-order valence-electron chi connectivity index (χ2n) is 4.54.